The van der Waals surface area contributed by atoms with Crippen molar-refractivity contribution in [1.29, 1.82) is 0 Å². The number of hydrogen-bond donors (Lipinski definition) is 0. The lowest BCUT2D eigenvalue weighted by molar-refractivity contribution is -0.384. The number of non-ortho nitro benzene ring substituents is 1. The van der Waals surface area contributed by atoms with Crippen LogP contribution in [-0.4, -0.2) is 50.0 Å². The SMILES string of the molecule is COc1ccc(N(C(=O)OCc2ccc([N+](=O)[O-])cc2)N2C(=O)C[C@@H]2[C@H](C)CO[Si](c2ccccc2)(c2ccccc2)C(C)(C)C)cc1. The molecule has 1 heterocycles. The zero-order chi connectivity index (χ0) is 34.5. The van der Waals surface area contributed by atoms with E-state index in [0.29, 0.717) is 23.6 Å². The number of benzene rings is 4. The molecule has 1 saturated heterocycles. The molecule has 4 aromatic carbocycles. The molecule has 4 aromatic rings. The van der Waals surface area contributed by atoms with Crippen molar-refractivity contribution < 1.29 is 28.4 Å². The van der Waals surface area contributed by atoms with E-state index in [1.807, 2.05) is 43.3 Å². The molecule has 0 aromatic heterocycles. The Hall–Kier alpha value is -5.00. The summed E-state index contributed by atoms with van der Waals surface area (Å²) < 4.78 is 18.2. The third-order valence-electron chi connectivity index (χ3n) is 8.80. The summed E-state index contributed by atoms with van der Waals surface area (Å²) >= 11 is 0. The summed E-state index contributed by atoms with van der Waals surface area (Å²) in [7, 11) is -1.29. The van der Waals surface area contributed by atoms with Crippen LogP contribution in [0.2, 0.25) is 5.04 Å². The van der Waals surface area contributed by atoms with Crippen molar-refractivity contribution in [3.8, 4) is 5.75 Å². The molecule has 1 aliphatic heterocycles. The molecule has 0 radical (unpaired) electrons. The average Bonchev–Trinajstić information content (AvgIpc) is 3.09. The third-order valence-corrected chi connectivity index (χ3v) is 13.8. The lowest BCUT2D eigenvalue weighted by atomic mass is 9.92. The summed E-state index contributed by atoms with van der Waals surface area (Å²) in [6.45, 7) is 8.91. The number of carbonyl (C=O) groups is 2. The van der Waals surface area contributed by atoms with E-state index in [2.05, 4.69) is 45.0 Å². The average molecular weight is 668 g/mol. The molecule has 0 unspecified atom stereocenters. The summed E-state index contributed by atoms with van der Waals surface area (Å²) in [6.07, 6.45) is -0.509. The highest BCUT2D eigenvalue weighted by Gasteiger charge is 2.52. The van der Waals surface area contributed by atoms with Gasteiger partial charge in [0.1, 0.15) is 12.4 Å². The quantitative estimate of drug-likeness (QED) is 0.0737. The highest BCUT2D eigenvalue weighted by molar-refractivity contribution is 6.99. The standard InChI is InChI=1S/C37H41N3O7Si/c1-27(25-47-48(37(2,3)4,32-12-8-6-9-13-32)33-14-10-7-11-15-33)34-24-35(41)39(34)38(29-20-22-31(45-5)23-21-29)36(42)46-26-28-16-18-30(19-17-28)40(43)44/h6-23,27,34H,24-26H2,1-5H3/t27-,34-/m1/s1. The number of β-lactam (4-membered cyclic amide) rings is 1. The molecule has 0 bridgehead atoms. The van der Waals surface area contributed by atoms with Crippen molar-refractivity contribution >= 4 is 42.1 Å². The van der Waals surface area contributed by atoms with E-state index < -0.39 is 19.3 Å². The van der Waals surface area contributed by atoms with Gasteiger partial charge in [0.15, 0.2) is 0 Å². The fraction of sp³-hybridized carbons (Fsp3) is 0.297. The summed E-state index contributed by atoms with van der Waals surface area (Å²) in [4.78, 5) is 37.6. The molecule has 11 heteroatoms. The first-order valence-electron chi connectivity index (χ1n) is 15.9. The minimum atomic E-state index is -2.84. The number of nitrogens with zero attached hydrogens (tertiary/aromatic N) is 3. The first kappa shape index (κ1) is 34.3. The molecular weight excluding hydrogens is 627 g/mol. The molecule has 2 amide bonds. The Morgan fingerprint density at radius 2 is 1.50 bits per heavy atom. The normalized spacial score (nSPS) is 15.3. The number of rotatable bonds is 12. The van der Waals surface area contributed by atoms with Crippen molar-refractivity contribution in [2.75, 3.05) is 18.7 Å². The van der Waals surface area contributed by atoms with Crippen LogP contribution in [0.25, 0.3) is 0 Å². The molecule has 48 heavy (non-hydrogen) atoms. The second-order valence-electron chi connectivity index (χ2n) is 12.9. The van der Waals surface area contributed by atoms with E-state index >= 15 is 0 Å². The van der Waals surface area contributed by atoms with E-state index in [0.717, 1.165) is 10.4 Å². The van der Waals surface area contributed by atoms with Gasteiger partial charge in [-0.3, -0.25) is 14.9 Å². The third kappa shape index (κ3) is 6.97. The van der Waals surface area contributed by atoms with Gasteiger partial charge in [0, 0.05) is 24.7 Å². The van der Waals surface area contributed by atoms with E-state index in [9.17, 15) is 19.7 Å². The van der Waals surface area contributed by atoms with Gasteiger partial charge in [0.25, 0.3) is 14.0 Å². The number of amides is 2. The Kier molecular flexibility index (Phi) is 10.3. The molecule has 5 rings (SSSR count). The van der Waals surface area contributed by atoms with Crippen molar-refractivity contribution in [1.82, 2.24) is 5.01 Å². The zero-order valence-electron chi connectivity index (χ0n) is 27.9. The highest BCUT2D eigenvalue weighted by atomic mass is 28.4. The molecule has 1 fully saturated rings. The van der Waals surface area contributed by atoms with Gasteiger partial charge in [-0.1, -0.05) is 88.4 Å². The largest absolute Gasteiger partial charge is 0.497 e. The van der Waals surface area contributed by atoms with Crippen LogP contribution in [0.4, 0.5) is 16.2 Å². The number of hydrogen-bond acceptors (Lipinski definition) is 7. The molecule has 250 valence electrons. The molecule has 1 aliphatic rings. The first-order chi connectivity index (χ1) is 23.0. The van der Waals surface area contributed by atoms with E-state index in [4.69, 9.17) is 13.9 Å². The molecule has 10 nitrogen and oxygen atoms in total. The molecule has 2 atom stereocenters. The number of nitro groups is 1. The van der Waals surface area contributed by atoms with Crippen LogP contribution in [0.15, 0.2) is 109 Å². The van der Waals surface area contributed by atoms with Gasteiger partial charge >= 0.3 is 6.09 Å². The van der Waals surface area contributed by atoms with Crippen LogP contribution in [-0.2, 0) is 20.6 Å². The van der Waals surface area contributed by atoms with Crippen LogP contribution in [0, 0.1) is 16.0 Å². The number of carbonyl (C=O) groups excluding carboxylic acids is 2. The smallest absolute Gasteiger partial charge is 0.434 e. The maximum atomic E-state index is 13.8. The first-order valence-corrected chi connectivity index (χ1v) is 17.8. The van der Waals surface area contributed by atoms with Gasteiger partial charge in [-0.2, -0.15) is 5.01 Å². The van der Waals surface area contributed by atoms with E-state index in [-0.39, 0.29) is 41.6 Å². The minimum absolute atomic E-state index is 0.0618. The Morgan fingerprint density at radius 1 is 0.938 bits per heavy atom. The molecular formula is C37H41N3O7Si. The van der Waals surface area contributed by atoms with Gasteiger partial charge in [-0.25, -0.2) is 9.80 Å². The minimum Gasteiger partial charge on any atom is -0.497 e. The zero-order valence-corrected chi connectivity index (χ0v) is 28.9. The summed E-state index contributed by atoms with van der Waals surface area (Å²) in [5, 5.41) is 15.9. The molecule has 0 spiro atoms. The Labute approximate surface area is 282 Å². The van der Waals surface area contributed by atoms with Crippen molar-refractivity contribution in [2.24, 2.45) is 5.92 Å². The predicted octanol–water partition coefficient (Wildman–Crippen LogP) is 6.48. The maximum absolute atomic E-state index is 13.8. The van der Waals surface area contributed by atoms with Crippen LogP contribution in [0.1, 0.15) is 39.7 Å². The predicted molar refractivity (Wildman–Crippen MR) is 187 cm³/mol. The number of ether oxygens (including phenoxy) is 2. The van der Waals surface area contributed by atoms with Crippen molar-refractivity contribution in [2.45, 2.75) is 51.8 Å². The number of anilines is 1. The summed E-state index contributed by atoms with van der Waals surface area (Å²) in [6, 6.07) is 33.0. The molecule has 0 aliphatic carbocycles. The van der Waals surface area contributed by atoms with Gasteiger partial charge in [-0.15, -0.1) is 0 Å². The van der Waals surface area contributed by atoms with Gasteiger partial charge in [-0.05, 0) is 57.4 Å². The van der Waals surface area contributed by atoms with Gasteiger partial charge in [0.05, 0.1) is 30.2 Å². The second-order valence-corrected chi connectivity index (χ2v) is 17.3. The molecule has 0 N–H and O–H groups in total. The van der Waals surface area contributed by atoms with Crippen LogP contribution >= 0.6 is 0 Å². The van der Waals surface area contributed by atoms with Crippen molar-refractivity contribution in [3.63, 3.8) is 0 Å². The number of hydrazine groups is 1. The van der Waals surface area contributed by atoms with E-state index in [1.54, 1.807) is 31.4 Å². The summed E-state index contributed by atoms with van der Waals surface area (Å²) in [5.74, 6) is 0.226. The molecule has 0 saturated carbocycles. The van der Waals surface area contributed by atoms with Crippen LogP contribution in [0.5, 0.6) is 5.75 Å². The Balaban J connectivity index is 1.42. The van der Waals surface area contributed by atoms with Crippen LogP contribution < -0.4 is 20.1 Å². The Bertz CT molecular complexity index is 1670. The summed E-state index contributed by atoms with van der Waals surface area (Å²) in [5.41, 5.74) is 0.943. The maximum Gasteiger partial charge on any atom is 0.434 e. The van der Waals surface area contributed by atoms with Gasteiger partial charge in [0.2, 0.25) is 5.91 Å². The second kappa shape index (κ2) is 14.4. The fourth-order valence-corrected chi connectivity index (χ4v) is 10.9. The highest BCUT2D eigenvalue weighted by Crippen LogP contribution is 2.39. The van der Waals surface area contributed by atoms with E-state index in [1.165, 1.54) is 34.3 Å². The number of nitro benzene ring substituents is 1. The van der Waals surface area contributed by atoms with Gasteiger partial charge < -0.3 is 13.9 Å². The lowest BCUT2D eigenvalue weighted by Gasteiger charge is -2.49. The van der Waals surface area contributed by atoms with Crippen LogP contribution in [0.3, 0.4) is 0 Å². The number of methoxy groups -OCH3 is 1. The monoisotopic (exact) mass is 667 g/mol. The fourth-order valence-electron chi connectivity index (χ4n) is 6.22. The Morgan fingerprint density at radius 3 is 1.98 bits per heavy atom. The van der Waals surface area contributed by atoms with Crippen molar-refractivity contribution in [3.05, 3.63) is 125 Å². The lowest BCUT2D eigenvalue weighted by Crippen LogP contribution is -2.68. The topological polar surface area (TPSA) is 111 Å².